The Morgan fingerprint density at radius 1 is 1.36 bits per heavy atom. The molecule has 0 unspecified atom stereocenters. The molecular formula is C8H14N2S. The lowest BCUT2D eigenvalue weighted by molar-refractivity contribution is 0.396. The van der Waals surface area contributed by atoms with Crippen LogP contribution >= 0.6 is 11.3 Å². The topological polar surface area (TPSA) is 16.1 Å². The van der Waals surface area contributed by atoms with E-state index in [2.05, 4.69) is 37.8 Å². The van der Waals surface area contributed by atoms with Crippen molar-refractivity contribution in [1.82, 2.24) is 9.88 Å². The highest BCUT2D eigenvalue weighted by molar-refractivity contribution is 7.11. The third-order valence-electron chi connectivity index (χ3n) is 1.47. The molecule has 0 aliphatic rings. The minimum atomic E-state index is 0.955. The van der Waals surface area contributed by atoms with Gasteiger partial charge in [0.1, 0.15) is 0 Å². The number of aryl methyl sites for hydroxylation is 2. The Bertz CT molecular complexity index is 240. The van der Waals surface area contributed by atoms with Crippen LogP contribution in [0.25, 0.3) is 0 Å². The van der Waals surface area contributed by atoms with Gasteiger partial charge in [0.25, 0.3) is 0 Å². The normalized spacial score (nSPS) is 11.0. The molecule has 0 bridgehead atoms. The highest BCUT2D eigenvalue weighted by Gasteiger charge is 2.04. The lowest BCUT2D eigenvalue weighted by Gasteiger charge is -2.06. The van der Waals surface area contributed by atoms with Crippen LogP contribution in [-0.2, 0) is 6.54 Å². The molecule has 0 saturated heterocycles. The molecule has 1 heterocycles. The molecule has 0 radical (unpaired) electrons. The second-order valence-electron chi connectivity index (χ2n) is 2.97. The first-order valence-corrected chi connectivity index (χ1v) is 4.49. The van der Waals surface area contributed by atoms with Crippen LogP contribution in [0, 0.1) is 13.8 Å². The first kappa shape index (κ1) is 8.68. The fourth-order valence-corrected chi connectivity index (χ4v) is 1.85. The van der Waals surface area contributed by atoms with Gasteiger partial charge in [-0.25, -0.2) is 4.98 Å². The lowest BCUT2D eigenvalue weighted by atomic mass is 10.4. The molecule has 1 aromatic heterocycles. The molecule has 0 N–H and O–H groups in total. The molecule has 0 aliphatic heterocycles. The number of nitrogens with zero attached hydrogens (tertiary/aromatic N) is 2. The Balaban J connectivity index is 2.77. The van der Waals surface area contributed by atoms with E-state index in [1.807, 2.05) is 0 Å². The number of hydrogen-bond donors (Lipinski definition) is 0. The van der Waals surface area contributed by atoms with Crippen LogP contribution < -0.4 is 0 Å². The van der Waals surface area contributed by atoms with Crippen molar-refractivity contribution < 1.29 is 0 Å². The highest BCUT2D eigenvalue weighted by atomic mass is 32.1. The zero-order valence-corrected chi connectivity index (χ0v) is 8.33. The SMILES string of the molecule is Cc1nc(CN(C)C)c(C)s1. The van der Waals surface area contributed by atoms with Gasteiger partial charge < -0.3 is 4.90 Å². The molecule has 2 nitrogen and oxygen atoms in total. The average Bonchev–Trinajstić information content (AvgIpc) is 2.09. The van der Waals surface area contributed by atoms with Crippen LogP contribution in [0.15, 0.2) is 0 Å². The number of rotatable bonds is 2. The molecule has 0 atom stereocenters. The second-order valence-corrected chi connectivity index (χ2v) is 4.38. The lowest BCUT2D eigenvalue weighted by Crippen LogP contribution is -2.11. The molecule has 3 heteroatoms. The van der Waals surface area contributed by atoms with Gasteiger partial charge in [0.05, 0.1) is 10.7 Å². The number of thiazole rings is 1. The second kappa shape index (κ2) is 3.32. The summed E-state index contributed by atoms with van der Waals surface area (Å²) in [5.74, 6) is 0. The van der Waals surface area contributed by atoms with Crippen LogP contribution in [-0.4, -0.2) is 24.0 Å². The fourth-order valence-electron chi connectivity index (χ4n) is 1.02. The van der Waals surface area contributed by atoms with Gasteiger partial charge in [-0.1, -0.05) is 0 Å². The fraction of sp³-hybridized carbons (Fsp3) is 0.625. The minimum absolute atomic E-state index is 0.955. The van der Waals surface area contributed by atoms with E-state index in [1.165, 1.54) is 15.6 Å². The van der Waals surface area contributed by atoms with Crippen molar-refractivity contribution in [1.29, 1.82) is 0 Å². The van der Waals surface area contributed by atoms with E-state index in [0.29, 0.717) is 0 Å². The molecule has 0 fully saturated rings. The van der Waals surface area contributed by atoms with Gasteiger partial charge in [-0.3, -0.25) is 0 Å². The highest BCUT2D eigenvalue weighted by Crippen LogP contribution is 2.16. The maximum absolute atomic E-state index is 4.43. The summed E-state index contributed by atoms with van der Waals surface area (Å²) in [5, 5.41) is 1.17. The molecule has 0 aromatic carbocycles. The summed E-state index contributed by atoms with van der Waals surface area (Å²) < 4.78 is 0. The van der Waals surface area contributed by atoms with E-state index < -0.39 is 0 Å². The summed E-state index contributed by atoms with van der Waals surface area (Å²) in [7, 11) is 4.13. The zero-order valence-electron chi connectivity index (χ0n) is 7.51. The summed E-state index contributed by atoms with van der Waals surface area (Å²) in [5.41, 5.74) is 1.22. The predicted molar refractivity (Wildman–Crippen MR) is 49.0 cm³/mol. The first-order chi connectivity index (χ1) is 5.09. The van der Waals surface area contributed by atoms with Gasteiger partial charge in [-0.2, -0.15) is 0 Å². The Morgan fingerprint density at radius 3 is 2.36 bits per heavy atom. The van der Waals surface area contributed by atoms with Gasteiger partial charge in [0, 0.05) is 11.4 Å². The Hall–Kier alpha value is -0.410. The molecule has 11 heavy (non-hydrogen) atoms. The Labute approximate surface area is 71.9 Å². The zero-order chi connectivity index (χ0) is 8.43. The summed E-state index contributed by atoms with van der Waals surface area (Å²) in [6, 6.07) is 0. The van der Waals surface area contributed by atoms with Crippen LogP contribution in [0.5, 0.6) is 0 Å². The van der Waals surface area contributed by atoms with Crippen molar-refractivity contribution in [2.45, 2.75) is 20.4 Å². The minimum Gasteiger partial charge on any atom is -0.304 e. The summed E-state index contributed by atoms with van der Waals surface area (Å²) in [6.45, 7) is 5.14. The third kappa shape index (κ3) is 2.27. The Morgan fingerprint density at radius 2 is 2.00 bits per heavy atom. The van der Waals surface area contributed by atoms with Crippen molar-refractivity contribution >= 4 is 11.3 Å². The van der Waals surface area contributed by atoms with E-state index in [-0.39, 0.29) is 0 Å². The van der Waals surface area contributed by atoms with E-state index in [0.717, 1.165) is 6.54 Å². The van der Waals surface area contributed by atoms with Crippen LogP contribution in [0.2, 0.25) is 0 Å². The summed E-state index contributed by atoms with van der Waals surface area (Å²) in [4.78, 5) is 7.91. The Kier molecular flexibility index (Phi) is 2.62. The predicted octanol–water partition coefficient (Wildman–Crippen LogP) is 1.82. The van der Waals surface area contributed by atoms with Gasteiger partial charge in [-0.15, -0.1) is 11.3 Å². The van der Waals surface area contributed by atoms with E-state index >= 15 is 0 Å². The maximum atomic E-state index is 4.43. The standard InChI is InChI=1S/C8H14N2S/c1-6-8(5-10(3)4)9-7(2)11-6/h5H2,1-4H3. The molecule has 0 amide bonds. The van der Waals surface area contributed by atoms with Crippen LogP contribution in [0.1, 0.15) is 15.6 Å². The van der Waals surface area contributed by atoms with Gasteiger partial charge in [-0.05, 0) is 27.9 Å². The first-order valence-electron chi connectivity index (χ1n) is 3.67. The van der Waals surface area contributed by atoms with Crippen molar-refractivity contribution in [2.75, 3.05) is 14.1 Å². The molecule has 1 rings (SSSR count). The summed E-state index contributed by atoms with van der Waals surface area (Å²) in [6.07, 6.45) is 0. The van der Waals surface area contributed by atoms with Crippen LogP contribution in [0.3, 0.4) is 0 Å². The van der Waals surface area contributed by atoms with Gasteiger partial charge >= 0.3 is 0 Å². The van der Waals surface area contributed by atoms with Gasteiger partial charge in [0.2, 0.25) is 0 Å². The third-order valence-corrected chi connectivity index (χ3v) is 2.39. The summed E-state index contributed by atoms with van der Waals surface area (Å²) >= 11 is 1.77. The van der Waals surface area contributed by atoms with Crippen molar-refractivity contribution in [2.24, 2.45) is 0 Å². The molecule has 1 aromatic rings. The quantitative estimate of drug-likeness (QED) is 0.673. The average molecular weight is 170 g/mol. The maximum Gasteiger partial charge on any atom is 0.0900 e. The molecule has 0 spiro atoms. The number of hydrogen-bond acceptors (Lipinski definition) is 3. The molecule has 62 valence electrons. The molecule has 0 aliphatic carbocycles. The van der Waals surface area contributed by atoms with E-state index in [1.54, 1.807) is 11.3 Å². The van der Waals surface area contributed by atoms with E-state index in [4.69, 9.17) is 0 Å². The van der Waals surface area contributed by atoms with Gasteiger partial charge in [0.15, 0.2) is 0 Å². The molecular weight excluding hydrogens is 156 g/mol. The van der Waals surface area contributed by atoms with E-state index in [9.17, 15) is 0 Å². The van der Waals surface area contributed by atoms with Crippen molar-refractivity contribution in [3.05, 3.63) is 15.6 Å². The van der Waals surface area contributed by atoms with Crippen LogP contribution in [0.4, 0.5) is 0 Å². The monoisotopic (exact) mass is 170 g/mol. The smallest absolute Gasteiger partial charge is 0.0900 e. The molecule has 0 saturated carbocycles. The van der Waals surface area contributed by atoms with Crippen molar-refractivity contribution in [3.8, 4) is 0 Å². The largest absolute Gasteiger partial charge is 0.304 e. The van der Waals surface area contributed by atoms with Crippen molar-refractivity contribution in [3.63, 3.8) is 0 Å². The number of aromatic nitrogens is 1.